The van der Waals surface area contributed by atoms with Crippen LogP contribution in [0.4, 0.5) is 0 Å². The minimum atomic E-state index is -1.20. The van der Waals surface area contributed by atoms with Crippen molar-refractivity contribution in [3.8, 4) is 0 Å². The lowest BCUT2D eigenvalue weighted by Crippen LogP contribution is -2.42. The number of carbonyl (C=O) groups excluding carboxylic acids is 2. The Morgan fingerprint density at radius 2 is 0.969 bits per heavy atom. The van der Waals surface area contributed by atoms with E-state index in [0.717, 1.165) is 40.1 Å². The van der Waals surface area contributed by atoms with Gasteiger partial charge in [-0.05, 0) is 74.8 Å². The van der Waals surface area contributed by atoms with Crippen LogP contribution in [-0.4, -0.2) is 11.9 Å². The van der Waals surface area contributed by atoms with Crippen molar-refractivity contribution in [1.82, 2.24) is 0 Å². The first-order valence-corrected chi connectivity index (χ1v) is 13.0. The Hall–Kier alpha value is -1.32. The van der Waals surface area contributed by atoms with E-state index < -0.39 is 35.0 Å². The Balaban J connectivity index is 1.84. The number of hydrogen-bond acceptors (Lipinski definition) is 4. The van der Waals surface area contributed by atoms with Gasteiger partial charge in [-0.1, -0.05) is 60.7 Å². The number of benzene rings is 3. The molecule has 32 heavy (non-hydrogen) atoms. The molecule has 3 aromatic carbocycles. The third kappa shape index (κ3) is 2.35. The van der Waals surface area contributed by atoms with Gasteiger partial charge in [0.05, 0.1) is 0 Å². The number of cyclic esters (lactones) is 2. The lowest BCUT2D eigenvalue weighted by molar-refractivity contribution is -0.162. The van der Waals surface area contributed by atoms with Crippen LogP contribution in [0.3, 0.4) is 0 Å². The van der Waals surface area contributed by atoms with Crippen molar-refractivity contribution < 1.29 is 19.1 Å². The zero-order valence-corrected chi connectivity index (χ0v) is 22.4. The molecule has 0 amide bonds. The lowest BCUT2D eigenvalue weighted by atomic mass is 9.61. The number of esters is 2. The van der Waals surface area contributed by atoms with Gasteiger partial charge < -0.3 is 9.47 Å². The fourth-order valence-corrected chi connectivity index (χ4v) is 8.27. The van der Waals surface area contributed by atoms with Crippen LogP contribution >= 0.6 is 63.7 Å². The number of ether oxygens (including phenoxy) is 2. The summed E-state index contributed by atoms with van der Waals surface area (Å²) in [6.45, 7) is 0. The van der Waals surface area contributed by atoms with E-state index in [9.17, 15) is 9.59 Å². The van der Waals surface area contributed by atoms with E-state index in [1.165, 1.54) is 0 Å². The maximum Gasteiger partial charge on any atom is 0.321 e. The molecule has 0 aliphatic carbocycles. The first-order valence-electron chi connectivity index (χ1n) is 9.79. The maximum atomic E-state index is 13.2. The Morgan fingerprint density at radius 3 is 1.34 bits per heavy atom. The summed E-state index contributed by atoms with van der Waals surface area (Å²) in [5.74, 6) is -2.76. The Labute approximate surface area is 217 Å². The molecule has 0 spiro atoms. The molecule has 160 valence electrons. The molecule has 0 N–H and O–H groups in total. The van der Waals surface area contributed by atoms with Gasteiger partial charge in [0.25, 0.3) is 0 Å². The second-order valence-electron chi connectivity index (χ2n) is 8.01. The second kappa shape index (κ2) is 7.09. The highest BCUT2D eigenvalue weighted by Gasteiger charge is 2.79. The van der Waals surface area contributed by atoms with E-state index in [-0.39, 0.29) is 0 Å². The molecule has 2 fully saturated rings. The highest BCUT2D eigenvalue weighted by molar-refractivity contribution is 9.15. The third-order valence-corrected chi connectivity index (χ3v) is 11.4. The summed E-state index contributed by atoms with van der Waals surface area (Å²) in [5.41, 5.74) is 0.792. The van der Waals surface area contributed by atoms with Gasteiger partial charge in [0.2, 0.25) is 0 Å². The van der Waals surface area contributed by atoms with E-state index in [1.54, 1.807) is 0 Å². The third-order valence-electron chi connectivity index (χ3n) is 6.66. The van der Waals surface area contributed by atoms with Crippen LogP contribution in [0.25, 0.3) is 0 Å². The monoisotopic (exact) mass is 680 g/mol. The molecule has 0 radical (unpaired) electrons. The van der Waals surface area contributed by atoms with E-state index >= 15 is 0 Å². The number of carbonyl (C=O) groups is 2. The highest BCUT2D eigenvalue weighted by atomic mass is 79.9. The summed E-state index contributed by atoms with van der Waals surface area (Å²) in [4.78, 5) is 26.4. The summed E-state index contributed by atoms with van der Waals surface area (Å²) >= 11 is 14.9. The van der Waals surface area contributed by atoms with E-state index in [2.05, 4.69) is 63.7 Å². The number of rotatable bonds is 2. The van der Waals surface area contributed by atoms with E-state index in [1.807, 2.05) is 60.7 Å². The van der Waals surface area contributed by atoms with Crippen molar-refractivity contribution in [1.29, 1.82) is 0 Å². The normalized spacial score (nSPS) is 29.8. The van der Waals surface area contributed by atoms with Crippen LogP contribution in [0.5, 0.6) is 0 Å². The molecule has 4 nitrogen and oxygen atoms in total. The number of hydrogen-bond donors (Lipinski definition) is 0. The van der Waals surface area contributed by atoms with Crippen molar-refractivity contribution in [2.45, 2.75) is 11.2 Å². The summed E-state index contributed by atoms with van der Waals surface area (Å²) in [7, 11) is 0. The first kappa shape index (κ1) is 21.2. The minimum Gasteiger partial charge on any atom is -0.392 e. The average Bonchev–Trinajstić information content (AvgIpc) is 3.43. The van der Waals surface area contributed by atoms with Crippen molar-refractivity contribution in [2.75, 3.05) is 0 Å². The van der Waals surface area contributed by atoms with Gasteiger partial charge >= 0.3 is 11.9 Å². The van der Waals surface area contributed by atoms with E-state index in [0.29, 0.717) is 0 Å². The fraction of sp³-hybridized carbons (Fsp3) is 0.167. The van der Waals surface area contributed by atoms with Crippen molar-refractivity contribution in [3.05, 3.63) is 101 Å². The molecule has 4 unspecified atom stereocenters. The molecule has 3 aliphatic heterocycles. The molecular formula is C24H12Br4O4. The summed E-state index contributed by atoms with van der Waals surface area (Å²) in [6.07, 6.45) is 0. The van der Waals surface area contributed by atoms with Gasteiger partial charge in [-0.3, -0.25) is 9.59 Å². The molecule has 2 saturated heterocycles. The molecular weight excluding hydrogens is 672 g/mol. The van der Waals surface area contributed by atoms with Gasteiger partial charge in [-0.15, -0.1) is 0 Å². The number of fused-ring (bicyclic) bond motifs is 8. The van der Waals surface area contributed by atoms with Gasteiger partial charge in [-0.25, -0.2) is 0 Å². The topological polar surface area (TPSA) is 52.6 Å². The van der Waals surface area contributed by atoms with Crippen LogP contribution in [0, 0.1) is 11.8 Å². The van der Waals surface area contributed by atoms with Crippen LogP contribution in [0.15, 0.2) is 78.6 Å². The molecule has 3 heterocycles. The van der Waals surface area contributed by atoms with Gasteiger partial charge in [0.1, 0.15) is 23.0 Å². The smallest absolute Gasteiger partial charge is 0.321 e. The molecule has 0 saturated carbocycles. The molecule has 3 aromatic rings. The van der Waals surface area contributed by atoms with Crippen LogP contribution < -0.4 is 0 Å². The van der Waals surface area contributed by atoms with E-state index in [4.69, 9.17) is 9.47 Å². The van der Waals surface area contributed by atoms with Crippen molar-refractivity contribution in [2.24, 2.45) is 11.8 Å². The van der Waals surface area contributed by atoms with Gasteiger partial charge in [-0.2, -0.15) is 0 Å². The summed E-state index contributed by atoms with van der Waals surface area (Å²) < 4.78 is 15.4. The predicted octanol–water partition coefficient (Wildman–Crippen LogP) is 6.58. The molecule has 0 aromatic heterocycles. The fourth-order valence-electron chi connectivity index (χ4n) is 5.56. The first-order chi connectivity index (χ1) is 15.4. The minimum absolute atomic E-state index is 0.561. The van der Waals surface area contributed by atoms with Crippen molar-refractivity contribution in [3.63, 3.8) is 0 Å². The van der Waals surface area contributed by atoms with Gasteiger partial charge in [0, 0.05) is 29.0 Å². The Kier molecular flexibility index (Phi) is 4.70. The number of halogens is 4. The summed E-state index contributed by atoms with van der Waals surface area (Å²) in [6, 6.07) is 19.2. The predicted molar refractivity (Wildman–Crippen MR) is 131 cm³/mol. The highest BCUT2D eigenvalue weighted by Crippen LogP contribution is 2.73. The van der Waals surface area contributed by atoms with Crippen LogP contribution in [0.2, 0.25) is 0 Å². The molecule has 4 atom stereocenters. The zero-order valence-electron chi connectivity index (χ0n) is 16.1. The summed E-state index contributed by atoms with van der Waals surface area (Å²) in [5, 5.41) is 0. The van der Waals surface area contributed by atoms with Crippen molar-refractivity contribution >= 4 is 75.7 Å². The SMILES string of the molecule is O=C1OC(=O)C2C1C1(c3ccccc3)OC2(c2ccccc2)c2c(Br)c(Br)c(Br)c(Br)c21. The second-order valence-corrected chi connectivity index (χ2v) is 11.2. The van der Waals surface area contributed by atoms with Crippen LogP contribution in [-0.2, 0) is 30.3 Å². The molecule has 6 rings (SSSR count). The van der Waals surface area contributed by atoms with Gasteiger partial charge in [0.15, 0.2) is 0 Å². The maximum absolute atomic E-state index is 13.2. The molecule has 8 heteroatoms. The lowest BCUT2D eigenvalue weighted by Gasteiger charge is -2.35. The Bertz CT molecular complexity index is 1230. The molecule has 2 bridgehead atoms. The van der Waals surface area contributed by atoms with Crippen LogP contribution in [0.1, 0.15) is 22.3 Å². The largest absolute Gasteiger partial charge is 0.392 e. The zero-order chi connectivity index (χ0) is 22.4. The standard InChI is InChI=1S/C24H12Br4O4/c25-17-13-14(18(26)20(28)19(17)27)24(12-9-5-2-6-10-12)16-15(21(29)31-22(16)30)23(13,32-24)11-7-3-1-4-8-11/h1-10,15-16H. The average molecular weight is 684 g/mol. The Morgan fingerprint density at radius 1 is 0.594 bits per heavy atom. The molecule has 3 aliphatic rings. The quantitative estimate of drug-likeness (QED) is 0.133.